The van der Waals surface area contributed by atoms with Gasteiger partial charge in [0, 0.05) is 12.1 Å². The standard InChI is InChI=1S/C14H9FN4O5S/c15-8-1-3-9(4-2-8)25(22,23)10-5-13(24-7-10)11(20)6-12(21)14-16-18-19-17-14/h1-7,21H,(H,16,17,18,19). The average Bonchev–Trinajstić information content (AvgIpc) is 3.27. The first kappa shape index (κ1) is 16.5. The number of nitrogens with zero attached hydrogens (tertiary/aromatic N) is 3. The summed E-state index contributed by atoms with van der Waals surface area (Å²) < 4.78 is 42.7. The molecule has 0 fully saturated rings. The number of hydrogen-bond acceptors (Lipinski definition) is 8. The highest BCUT2D eigenvalue weighted by Gasteiger charge is 2.22. The molecule has 2 aromatic heterocycles. The number of hydrogen-bond donors (Lipinski definition) is 2. The fourth-order valence-corrected chi connectivity index (χ4v) is 3.07. The Balaban J connectivity index is 1.88. The lowest BCUT2D eigenvalue weighted by Crippen LogP contribution is -2.01. The van der Waals surface area contributed by atoms with Crippen molar-refractivity contribution in [3.8, 4) is 0 Å². The van der Waals surface area contributed by atoms with Crippen LogP contribution < -0.4 is 0 Å². The van der Waals surface area contributed by atoms with Crippen LogP contribution in [0.25, 0.3) is 5.76 Å². The normalized spacial score (nSPS) is 12.3. The van der Waals surface area contributed by atoms with Crippen molar-refractivity contribution in [1.29, 1.82) is 0 Å². The third kappa shape index (κ3) is 3.30. The van der Waals surface area contributed by atoms with Gasteiger partial charge in [-0.2, -0.15) is 5.21 Å². The number of sulfone groups is 1. The van der Waals surface area contributed by atoms with Crippen molar-refractivity contribution in [1.82, 2.24) is 20.6 Å². The third-order valence-corrected chi connectivity index (χ3v) is 4.82. The molecule has 2 heterocycles. The summed E-state index contributed by atoms with van der Waals surface area (Å²) in [6.07, 6.45) is 1.64. The Labute approximate surface area is 139 Å². The Kier molecular flexibility index (Phi) is 4.15. The second-order valence-corrected chi connectivity index (χ2v) is 6.68. The SMILES string of the molecule is O=C(C=C(O)c1nn[nH]n1)c1cc(S(=O)(=O)c2ccc(F)cc2)co1. The van der Waals surface area contributed by atoms with E-state index in [-0.39, 0.29) is 21.4 Å². The Morgan fingerprint density at radius 3 is 2.60 bits per heavy atom. The zero-order valence-electron chi connectivity index (χ0n) is 12.2. The first-order valence-corrected chi connectivity index (χ1v) is 8.14. The molecule has 0 amide bonds. The number of aliphatic hydroxyl groups is 1. The number of allylic oxidation sites excluding steroid dienone is 1. The molecule has 0 saturated heterocycles. The monoisotopic (exact) mass is 364 g/mol. The van der Waals surface area contributed by atoms with Crippen molar-refractivity contribution < 1.29 is 27.1 Å². The van der Waals surface area contributed by atoms with E-state index in [1.807, 2.05) is 0 Å². The molecule has 0 atom stereocenters. The maximum absolute atomic E-state index is 12.9. The van der Waals surface area contributed by atoms with Crippen LogP contribution in [0, 0.1) is 5.82 Å². The molecule has 11 heteroatoms. The third-order valence-electron chi connectivity index (χ3n) is 3.09. The van der Waals surface area contributed by atoms with E-state index in [2.05, 4.69) is 20.6 Å². The second kappa shape index (κ2) is 6.28. The van der Waals surface area contributed by atoms with Gasteiger partial charge in [-0.15, -0.1) is 10.2 Å². The van der Waals surface area contributed by atoms with Crippen molar-refractivity contribution in [2.45, 2.75) is 9.79 Å². The van der Waals surface area contributed by atoms with Crippen LogP contribution in [0.5, 0.6) is 0 Å². The molecule has 128 valence electrons. The minimum absolute atomic E-state index is 0.154. The van der Waals surface area contributed by atoms with Crippen LogP contribution in [0.1, 0.15) is 16.4 Å². The smallest absolute Gasteiger partial charge is 0.239 e. The summed E-state index contributed by atoms with van der Waals surface area (Å²) in [6, 6.07) is 5.21. The van der Waals surface area contributed by atoms with Crippen molar-refractivity contribution in [2.24, 2.45) is 0 Å². The van der Waals surface area contributed by atoms with E-state index >= 15 is 0 Å². The number of furan rings is 1. The van der Waals surface area contributed by atoms with Crippen molar-refractivity contribution in [2.75, 3.05) is 0 Å². The molecule has 0 radical (unpaired) electrons. The summed E-state index contributed by atoms with van der Waals surface area (Å²) >= 11 is 0. The molecule has 0 aliphatic carbocycles. The zero-order chi connectivity index (χ0) is 18.0. The Bertz CT molecular complexity index is 1040. The number of aliphatic hydroxyl groups excluding tert-OH is 1. The number of carbonyl (C=O) groups excluding carboxylic acids is 1. The van der Waals surface area contributed by atoms with Crippen LogP contribution in [-0.4, -0.2) is 39.9 Å². The van der Waals surface area contributed by atoms with Gasteiger partial charge in [0.05, 0.1) is 4.90 Å². The number of ketones is 1. The van der Waals surface area contributed by atoms with Gasteiger partial charge in [0.2, 0.25) is 21.4 Å². The second-order valence-electron chi connectivity index (χ2n) is 4.73. The molecule has 1 aromatic carbocycles. The lowest BCUT2D eigenvalue weighted by atomic mass is 10.2. The Hall–Kier alpha value is -3.34. The summed E-state index contributed by atoms with van der Waals surface area (Å²) in [4.78, 5) is 11.6. The minimum Gasteiger partial charge on any atom is -0.504 e. The van der Waals surface area contributed by atoms with E-state index in [1.54, 1.807) is 0 Å². The van der Waals surface area contributed by atoms with Crippen LogP contribution in [0.4, 0.5) is 4.39 Å². The molecule has 0 spiro atoms. The van der Waals surface area contributed by atoms with Gasteiger partial charge < -0.3 is 9.52 Å². The van der Waals surface area contributed by atoms with Gasteiger partial charge in [-0.05, 0) is 29.5 Å². The lowest BCUT2D eigenvalue weighted by molar-refractivity contribution is 0.102. The largest absolute Gasteiger partial charge is 0.504 e. The van der Waals surface area contributed by atoms with E-state index in [1.165, 1.54) is 0 Å². The first-order valence-electron chi connectivity index (χ1n) is 6.66. The Morgan fingerprint density at radius 1 is 1.24 bits per heavy atom. The van der Waals surface area contributed by atoms with Crippen molar-refractivity contribution in [3.63, 3.8) is 0 Å². The van der Waals surface area contributed by atoms with Crippen LogP contribution in [0.3, 0.4) is 0 Å². The number of carbonyl (C=O) groups is 1. The molecular formula is C14H9FN4O5S. The number of aromatic nitrogens is 4. The summed E-state index contributed by atoms with van der Waals surface area (Å²) in [5.74, 6) is -2.49. The molecule has 2 N–H and O–H groups in total. The highest BCUT2D eigenvalue weighted by molar-refractivity contribution is 7.91. The number of H-pyrrole nitrogens is 1. The number of aromatic amines is 1. The molecule has 9 nitrogen and oxygen atoms in total. The molecule has 25 heavy (non-hydrogen) atoms. The molecule has 0 aliphatic heterocycles. The number of nitrogens with one attached hydrogen (secondary N) is 1. The summed E-state index contributed by atoms with van der Waals surface area (Å²) in [6.45, 7) is 0. The summed E-state index contributed by atoms with van der Waals surface area (Å²) in [5, 5.41) is 21.9. The topological polar surface area (TPSA) is 139 Å². The molecule has 0 bridgehead atoms. The van der Waals surface area contributed by atoms with Gasteiger partial charge in [-0.25, -0.2) is 12.8 Å². The van der Waals surface area contributed by atoms with E-state index in [9.17, 15) is 22.7 Å². The average molecular weight is 364 g/mol. The predicted molar refractivity (Wildman–Crippen MR) is 79.7 cm³/mol. The number of benzene rings is 1. The lowest BCUT2D eigenvalue weighted by Gasteiger charge is -2.00. The fourth-order valence-electron chi connectivity index (χ4n) is 1.87. The Morgan fingerprint density at radius 2 is 1.96 bits per heavy atom. The van der Waals surface area contributed by atoms with E-state index in [0.29, 0.717) is 0 Å². The van der Waals surface area contributed by atoms with Gasteiger partial charge in [-0.1, -0.05) is 0 Å². The van der Waals surface area contributed by atoms with Gasteiger partial charge in [0.25, 0.3) is 0 Å². The summed E-state index contributed by atoms with van der Waals surface area (Å²) in [5.41, 5.74) is 0. The zero-order valence-corrected chi connectivity index (χ0v) is 13.1. The molecule has 0 saturated carbocycles. The molecule has 3 aromatic rings. The van der Waals surface area contributed by atoms with E-state index < -0.39 is 27.2 Å². The van der Waals surface area contributed by atoms with Crippen LogP contribution in [0.15, 0.2) is 56.9 Å². The maximum atomic E-state index is 12.9. The van der Waals surface area contributed by atoms with Gasteiger partial charge >= 0.3 is 0 Å². The number of rotatable bonds is 5. The van der Waals surface area contributed by atoms with Gasteiger partial charge in [0.1, 0.15) is 17.0 Å². The molecule has 0 unspecified atom stereocenters. The maximum Gasteiger partial charge on any atom is 0.239 e. The highest BCUT2D eigenvalue weighted by atomic mass is 32.2. The number of halogens is 1. The fraction of sp³-hybridized carbons (Fsp3) is 0. The van der Waals surface area contributed by atoms with E-state index in [4.69, 9.17) is 4.42 Å². The molecule has 3 rings (SSSR count). The van der Waals surface area contributed by atoms with Gasteiger partial charge in [-0.3, -0.25) is 4.79 Å². The molecule has 0 aliphatic rings. The quantitative estimate of drug-likeness (QED) is 0.301. The minimum atomic E-state index is -3.98. The highest BCUT2D eigenvalue weighted by Crippen LogP contribution is 2.23. The summed E-state index contributed by atoms with van der Waals surface area (Å²) in [7, 11) is -3.98. The number of tetrazole rings is 1. The van der Waals surface area contributed by atoms with E-state index in [0.717, 1.165) is 42.7 Å². The van der Waals surface area contributed by atoms with Crippen molar-refractivity contribution in [3.05, 3.63) is 60.1 Å². The van der Waals surface area contributed by atoms with Crippen LogP contribution in [-0.2, 0) is 9.84 Å². The molecular weight excluding hydrogens is 355 g/mol. The van der Waals surface area contributed by atoms with Crippen molar-refractivity contribution >= 4 is 21.4 Å². The first-order chi connectivity index (χ1) is 11.9. The predicted octanol–water partition coefficient (Wildman–Crippen LogP) is 1.55. The van der Waals surface area contributed by atoms with Gasteiger partial charge in [0.15, 0.2) is 11.5 Å². The van der Waals surface area contributed by atoms with Crippen LogP contribution in [0.2, 0.25) is 0 Å². The van der Waals surface area contributed by atoms with Crippen LogP contribution >= 0.6 is 0 Å².